The van der Waals surface area contributed by atoms with Crippen LogP contribution in [-0.2, 0) is 4.79 Å². The van der Waals surface area contributed by atoms with E-state index in [1.165, 1.54) is 6.07 Å². The molecule has 1 aliphatic carbocycles. The highest BCUT2D eigenvalue weighted by atomic mass is 16.6. The number of benzene rings is 1. The minimum atomic E-state index is -0.425. The van der Waals surface area contributed by atoms with E-state index in [0.717, 1.165) is 25.7 Å². The number of para-hydroxylation sites is 1. The number of ketones is 1. The Bertz CT molecular complexity index is 610. The number of hydrogen-bond donors (Lipinski definition) is 1. The largest absolute Gasteiger partial charge is 0.330 e. The van der Waals surface area contributed by atoms with Gasteiger partial charge >= 0.3 is 0 Å². The number of allylic oxidation sites excluding steroid dienone is 2. The second-order valence-corrected chi connectivity index (χ2v) is 5.86. The molecule has 0 saturated carbocycles. The Morgan fingerprint density at radius 1 is 1.36 bits per heavy atom. The first kappa shape index (κ1) is 16.4. The first-order chi connectivity index (χ1) is 10.5. The van der Waals surface area contributed by atoms with Crippen LogP contribution in [0.15, 0.2) is 30.3 Å². The summed E-state index contributed by atoms with van der Waals surface area (Å²) in [6.45, 7) is 2.71. The molecule has 0 heterocycles. The highest BCUT2D eigenvalue weighted by Gasteiger charge is 2.34. The van der Waals surface area contributed by atoms with Gasteiger partial charge in [-0.25, -0.2) is 0 Å². The maximum absolute atomic E-state index is 12.3. The van der Waals surface area contributed by atoms with Crippen LogP contribution < -0.4 is 5.73 Å². The van der Waals surface area contributed by atoms with Crippen LogP contribution in [0.3, 0.4) is 0 Å². The first-order valence-electron chi connectivity index (χ1n) is 7.73. The number of hydrogen-bond acceptors (Lipinski definition) is 4. The highest BCUT2D eigenvalue weighted by molar-refractivity contribution is 6.22. The third kappa shape index (κ3) is 3.25. The second kappa shape index (κ2) is 6.83. The zero-order valence-electron chi connectivity index (χ0n) is 12.9. The van der Waals surface area contributed by atoms with E-state index in [1.807, 2.05) is 6.08 Å². The van der Waals surface area contributed by atoms with Gasteiger partial charge in [0.1, 0.15) is 0 Å². The zero-order valence-corrected chi connectivity index (χ0v) is 12.9. The van der Waals surface area contributed by atoms with Crippen LogP contribution in [0.25, 0.3) is 5.57 Å². The van der Waals surface area contributed by atoms with Crippen molar-refractivity contribution >= 4 is 17.0 Å². The number of Topliss-reactive ketones (excluding diaryl/α,β-unsaturated/α-hetero) is 1. The molecule has 1 aromatic rings. The summed E-state index contributed by atoms with van der Waals surface area (Å²) in [5.74, 6) is -0.00822. The molecule has 1 atom stereocenters. The van der Waals surface area contributed by atoms with Crippen molar-refractivity contribution in [2.75, 3.05) is 6.54 Å². The number of nitro benzene ring substituents is 1. The summed E-state index contributed by atoms with van der Waals surface area (Å²) < 4.78 is 0. The predicted octanol–water partition coefficient (Wildman–Crippen LogP) is 3.48. The van der Waals surface area contributed by atoms with Gasteiger partial charge in [-0.3, -0.25) is 14.9 Å². The fourth-order valence-corrected chi connectivity index (χ4v) is 3.15. The van der Waals surface area contributed by atoms with E-state index in [1.54, 1.807) is 18.2 Å². The number of carbonyl (C=O) groups is 1. The van der Waals surface area contributed by atoms with Gasteiger partial charge in [0.05, 0.1) is 10.5 Å². The maximum Gasteiger partial charge on any atom is 0.277 e. The third-order valence-corrected chi connectivity index (χ3v) is 4.57. The molecule has 118 valence electrons. The lowest BCUT2D eigenvalue weighted by atomic mass is 9.70. The van der Waals surface area contributed by atoms with Gasteiger partial charge in [0, 0.05) is 18.1 Å². The van der Waals surface area contributed by atoms with Gasteiger partial charge in [-0.15, -0.1) is 0 Å². The lowest BCUT2D eigenvalue weighted by Gasteiger charge is -2.34. The number of nitrogens with zero attached hydrogens (tertiary/aromatic N) is 1. The van der Waals surface area contributed by atoms with Crippen LogP contribution in [-0.4, -0.2) is 17.3 Å². The monoisotopic (exact) mass is 302 g/mol. The average Bonchev–Trinajstić information content (AvgIpc) is 2.54. The Balaban J connectivity index is 2.49. The average molecular weight is 302 g/mol. The summed E-state index contributed by atoms with van der Waals surface area (Å²) in [5, 5.41) is 11.2. The SMILES string of the molecule is CC[C@]1(CCCN)C=C(c2ccccc2[N+](=O)[O-])C(=O)CC1. The van der Waals surface area contributed by atoms with Gasteiger partial charge in [0.2, 0.25) is 0 Å². The normalized spacial score (nSPS) is 21.5. The van der Waals surface area contributed by atoms with Crippen LogP contribution in [0.4, 0.5) is 5.69 Å². The topological polar surface area (TPSA) is 86.2 Å². The molecular weight excluding hydrogens is 280 g/mol. The van der Waals surface area contributed by atoms with Crippen molar-refractivity contribution in [3.8, 4) is 0 Å². The molecule has 5 nitrogen and oxygen atoms in total. The molecule has 0 aromatic heterocycles. The summed E-state index contributed by atoms with van der Waals surface area (Å²) in [4.78, 5) is 23.1. The molecule has 1 aliphatic rings. The van der Waals surface area contributed by atoms with Crippen molar-refractivity contribution in [3.63, 3.8) is 0 Å². The molecule has 1 aromatic carbocycles. The van der Waals surface area contributed by atoms with Crippen LogP contribution >= 0.6 is 0 Å². The van der Waals surface area contributed by atoms with Crippen molar-refractivity contribution < 1.29 is 9.72 Å². The minimum absolute atomic E-state index is 0.00664. The molecular formula is C17H22N2O3. The van der Waals surface area contributed by atoms with E-state index in [9.17, 15) is 14.9 Å². The van der Waals surface area contributed by atoms with E-state index in [4.69, 9.17) is 5.73 Å². The van der Waals surface area contributed by atoms with Crippen molar-refractivity contribution in [2.24, 2.45) is 11.1 Å². The lowest BCUT2D eigenvalue weighted by Crippen LogP contribution is -2.26. The quantitative estimate of drug-likeness (QED) is 0.644. The Morgan fingerprint density at radius 3 is 2.73 bits per heavy atom. The van der Waals surface area contributed by atoms with Crippen molar-refractivity contribution in [1.29, 1.82) is 0 Å². The van der Waals surface area contributed by atoms with Gasteiger partial charge in [0.15, 0.2) is 5.78 Å². The van der Waals surface area contributed by atoms with E-state index in [0.29, 0.717) is 24.1 Å². The Morgan fingerprint density at radius 2 is 2.09 bits per heavy atom. The Kier molecular flexibility index (Phi) is 5.08. The standard InChI is InChI=1S/C17H22N2O3/c1-2-17(9-5-11-18)10-8-16(20)14(12-17)13-6-3-4-7-15(13)19(21)22/h3-4,6-7,12H,2,5,8-11,18H2,1H3/t17-/m1/s1. The number of carbonyl (C=O) groups excluding carboxylic acids is 1. The molecule has 0 unspecified atom stereocenters. The molecule has 0 aliphatic heterocycles. The second-order valence-electron chi connectivity index (χ2n) is 5.86. The first-order valence-corrected chi connectivity index (χ1v) is 7.73. The van der Waals surface area contributed by atoms with Crippen LogP contribution in [0.1, 0.15) is 44.6 Å². The van der Waals surface area contributed by atoms with Crippen molar-refractivity contribution in [2.45, 2.75) is 39.0 Å². The number of nitro groups is 1. The summed E-state index contributed by atoms with van der Waals surface area (Å²) in [6.07, 6.45) is 5.92. The van der Waals surface area contributed by atoms with E-state index in [2.05, 4.69) is 6.92 Å². The molecule has 0 fully saturated rings. The third-order valence-electron chi connectivity index (χ3n) is 4.57. The zero-order chi connectivity index (χ0) is 16.2. The molecule has 0 saturated heterocycles. The fourth-order valence-electron chi connectivity index (χ4n) is 3.15. The number of nitrogens with two attached hydrogens (primary N) is 1. The molecule has 22 heavy (non-hydrogen) atoms. The molecule has 0 amide bonds. The van der Waals surface area contributed by atoms with Crippen molar-refractivity contribution in [1.82, 2.24) is 0 Å². The molecule has 5 heteroatoms. The van der Waals surface area contributed by atoms with Gasteiger partial charge in [-0.1, -0.05) is 25.1 Å². The van der Waals surface area contributed by atoms with Gasteiger partial charge < -0.3 is 5.73 Å². The molecule has 0 bridgehead atoms. The smallest absolute Gasteiger partial charge is 0.277 e. The number of rotatable bonds is 6. The highest BCUT2D eigenvalue weighted by Crippen LogP contribution is 2.43. The van der Waals surface area contributed by atoms with Gasteiger partial charge in [-0.2, -0.15) is 0 Å². The van der Waals surface area contributed by atoms with Gasteiger partial charge in [0.25, 0.3) is 5.69 Å². The van der Waals surface area contributed by atoms with E-state index >= 15 is 0 Å². The maximum atomic E-state index is 12.3. The molecule has 2 rings (SSSR count). The van der Waals surface area contributed by atoms with Gasteiger partial charge in [-0.05, 0) is 43.7 Å². The summed E-state index contributed by atoms with van der Waals surface area (Å²) >= 11 is 0. The lowest BCUT2D eigenvalue weighted by molar-refractivity contribution is -0.385. The fraction of sp³-hybridized carbons (Fsp3) is 0.471. The summed E-state index contributed by atoms with van der Waals surface area (Å²) in [6, 6.07) is 6.47. The minimum Gasteiger partial charge on any atom is -0.330 e. The van der Waals surface area contributed by atoms with E-state index < -0.39 is 4.92 Å². The van der Waals surface area contributed by atoms with Crippen LogP contribution in [0.5, 0.6) is 0 Å². The molecule has 0 radical (unpaired) electrons. The van der Waals surface area contributed by atoms with Crippen LogP contribution in [0.2, 0.25) is 0 Å². The Hall–Kier alpha value is -2.01. The summed E-state index contributed by atoms with van der Waals surface area (Å²) in [7, 11) is 0. The predicted molar refractivity (Wildman–Crippen MR) is 86.3 cm³/mol. The molecule has 2 N–H and O–H groups in total. The Labute approximate surface area is 130 Å². The van der Waals surface area contributed by atoms with Crippen LogP contribution in [0, 0.1) is 15.5 Å². The molecule has 0 spiro atoms. The summed E-state index contributed by atoms with van der Waals surface area (Å²) in [5.41, 5.74) is 6.47. The van der Waals surface area contributed by atoms with E-state index in [-0.39, 0.29) is 16.9 Å². The van der Waals surface area contributed by atoms with Crippen molar-refractivity contribution in [3.05, 3.63) is 46.0 Å².